The van der Waals surface area contributed by atoms with E-state index in [9.17, 15) is 9.90 Å². The van der Waals surface area contributed by atoms with E-state index in [4.69, 9.17) is 17.3 Å². The summed E-state index contributed by atoms with van der Waals surface area (Å²) in [5.74, 6) is -0.187. The third kappa shape index (κ3) is 3.58. The number of hydrogen-bond donors (Lipinski definition) is 3. The molecule has 0 aliphatic heterocycles. The van der Waals surface area contributed by atoms with Crippen molar-refractivity contribution in [1.82, 2.24) is 10.3 Å². The Morgan fingerprint density at radius 2 is 2.26 bits per heavy atom. The molecule has 0 saturated heterocycles. The molecular formula is C13H18ClN3O2. The molecule has 1 saturated carbocycles. The first-order valence-electron chi connectivity index (χ1n) is 6.45. The summed E-state index contributed by atoms with van der Waals surface area (Å²) in [5, 5.41) is 12.8. The van der Waals surface area contributed by atoms with Crippen molar-refractivity contribution in [2.24, 2.45) is 5.92 Å². The molecular weight excluding hydrogens is 266 g/mol. The lowest BCUT2D eigenvalue weighted by atomic mass is 9.86. The molecule has 4 N–H and O–H groups in total. The van der Waals surface area contributed by atoms with Crippen molar-refractivity contribution in [2.75, 3.05) is 12.3 Å². The lowest BCUT2D eigenvalue weighted by Gasteiger charge is -2.27. The Morgan fingerprint density at radius 3 is 3.00 bits per heavy atom. The monoisotopic (exact) mass is 283 g/mol. The van der Waals surface area contributed by atoms with E-state index in [0.29, 0.717) is 12.2 Å². The van der Waals surface area contributed by atoms with Gasteiger partial charge < -0.3 is 16.2 Å². The van der Waals surface area contributed by atoms with E-state index < -0.39 is 0 Å². The van der Waals surface area contributed by atoms with Crippen LogP contribution in [0.5, 0.6) is 0 Å². The third-order valence-corrected chi connectivity index (χ3v) is 3.80. The van der Waals surface area contributed by atoms with Crippen molar-refractivity contribution >= 4 is 23.2 Å². The first-order valence-corrected chi connectivity index (χ1v) is 6.83. The number of halogens is 1. The molecule has 2 atom stereocenters. The number of hydrogen-bond acceptors (Lipinski definition) is 4. The second-order valence-electron chi connectivity index (χ2n) is 4.93. The predicted octanol–water partition coefficient (Wildman–Crippen LogP) is 1.60. The molecule has 0 bridgehead atoms. The van der Waals surface area contributed by atoms with Crippen LogP contribution >= 0.6 is 11.6 Å². The van der Waals surface area contributed by atoms with Gasteiger partial charge in [0, 0.05) is 12.5 Å². The summed E-state index contributed by atoms with van der Waals surface area (Å²) in [6.07, 6.45) is 4.97. The van der Waals surface area contributed by atoms with E-state index in [1.807, 2.05) is 0 Å². The van der Waals surface area contributed by atoms with E-state index in [1.54, 1.807) is 0 Å². The van der Waals surface area contributed by atoms with Crippen molar-refractivity contribution in [3.8, 4) is 0 Å². The smallest absolute Gasteiger partial charge is 0.254 e. The van der Waals surface area contributed by atoms with E-state index >= 15 is 0 Å². The lowest BCUT2D eigenvalue weighted by molar-refractivity contribution is 0.0663. The molecule has 2 unspecified atom stereocenters. The molecule has 1 aliphatic carbocycles. The zero-order valence-corrected chi connectivity index (χ0v) is 11.4. The zero-order chi connectivity index (χ0) is 13.8. The summed E-state index contributed by atoms with van der Waals surface area (Å²) in [5.41, 5.74) is 6.25. The number of nitrogens with one attached hydrogen (secondary N) is 1. The summed E-state index contributed by atoms with van der Waals surface area (Å²) in [4.78, 5) is 15.8. The second-order valence-corrected chi connectivity index (χ2v) is 5.29. The highest BCUT2D eigenvalue weighted by Crippen LogP contribution is 2.24. The third-order valence-electron chi connectivity index (χ3n) is 3.50. The van der Waals surface area contributed by atoms with Crippen molar-refractivity contribution in [2.45, 2.75) is 31.8 Å². The van der Waals surface area contributed by atoms with E-state index in [0.717, 1.165) is 25.7 Å². The van der Waals surface area contributed by atoms with E-state index in [-0.39, 0.29) is 28.6 Å². The van der Waals surface area contributed by atoms with Crippen LogP contribution in [0.1, 0.15) is 36.0 Å². The van der Waals surface area contributed by atoms with Gasteiger partial charge in [0.05, 0.1) is 23.6 Å². The minimum Gasteiger partial charge on any atom is -0.397 e. The van der Waals surface area contributed by atoms with Crippen LogP contribution in [0.25, 0.3) is 0 Å². The SMILES string of the molecule is Nc1cnc(Cl)c(C(=O)NCC2CCCCC2O)c1. The van der Waals surface area contributed by atoms with E-state index in [2.05, 4.69) is 10.3 Å². The quantitative estimate of drug-likeness (QED) is 0.735. The Bertz CT molecular complexity index is 467. The van der Waals surface area contributed by atoms with Gasteiger partial charge in [-0.05, 0) is 18.9 Å². The Kier molecular flexibility index (Phi) is 4.61. The Hall–Kier alpha value is -1.33. The summed E-state index contributed by atoms with van der Waals surface area (Å²) < 4.78 is 0. The van der Waals surface area contributed by atoms with Crippen molar-refractivity contribution in [3.63, 3.8) is 0 Å². The molecule has 1 heterocycles. The van der Waals surface area contributed by atoms with Crippen LogP contribution in [0.2, 0.25) is 5.15 Å². The number of nitrogens with zero attached hydrogens (tertiary/aromatic N) is 1. The molecule has 1 amide bonds. The number of carbonyl (C=O) groups excluding carboxylic acids is 1. The molecule has 5 nitrogen and oxygen atoms in total. The van der Waals surface area contributed by atoms with Crippen LogP contribution in [-0.4, -0.2) is 28.6 Å². The van der Waals surface area contributed by atoms with Gasteiger partial charge in [0.25, 0.3) is 5.91 Å². The summed E-state index contributed by atoms with van der Waals surface area (Å²) in [6.45, 7) is 0.450. The highest BCUT2D eigenvalue weighted by Gasteiger charge is 2.23. The van der Waals surface area contributed by atoms with Crippen LogP contribution in [0, 0.1) is 5.92 Å². The average molecular weight is 284 g/mol. The number of aliphatic hydroxyl groups is 1. The molecule has 0 aromatic carbocycles. The van der Waals surface area contributed by atoms with Gasteiger partial charge in [-0.25, -0.2) is 4.98 Å². The fourth-order valence-corrected chi connectivity index (χ4v) is 2.56. The van der Waals surface area contributed by atoms with Crippen molar-refractivity contribution in [1.29, 1.82) is 0 Å². The average Bonchev–Trinajstić information content (AvgIpc) is 2.40. The molecule has 6 heteroatoms. The molecule has 104 valence electrons. The number of rotatable bonds is 3. The highest BCUT2D eigenvalue weighted by atomic mass is 35.5. The Balaban J connectivity index is 1.95. The van der Waals surface area contributed by atoms with Gasteiger partial charge in [-0.1, -0.05) is 24.4 Å². The first-order chi connectivity index (χ1) is 9.08. The first kappa shape index (κ1) is 14.1. The number of amides is 1. The minimum atomic E-state index is -0.330. The Morgan fingerprint density at radius 1 is 1.53 bits per heavy atom. The molecule has 1 aliphatic rings. The molecule has 0 radical (unpaired) electrons. The maximum atomic E-state index is 12.0. The van der Waals surface area contributed by atoms with Gasteiger partial charge in [-0.3, -0.25) is 4.79 Å². The fourth-order valence-electron chi connectivity index (χ4n) is 2.37. The highest BCUT2D eigenvalue weighted by molar-refractivity contribution is 6.32. The molecule has 1 fully saturated rings. The van der Waals surface area contributed by atoms with Crippen LogP contribution in [-0.2, 0) is 0 Å². The van der Waals surface area contributed by atoms with Gasteiger partial charge in [0.15, 0.2) is 0 Å². The maximum Gasteiger partial charge on any atom is 0.254 e. The van der Waals surface area contributed by atoms with E-state index in [1.165, 1.54) is 12.3 Å². The molecule has 2 rings (SSSR count). The van der Waals surface area contributed by atoms with Crippen molar-refractivity contribution < 1.29 is 9.90 Å². The number of anilines is 1. The van der Waals surface area contributed by atoms with Gasteiger partial charge in [0.2, 0.25) is 0 Å². The topological polar surface area (TPSA) is 88.2 Å². The number of nitrogens with two attached hydrogens (primary N) is 1. The number of carbonyl (C=O) groups is 1. The minimum absolute atomic E-state index is 0.116. The van der Waals surface area contributed by atoms with Gasteiger partial charge in [0.1, 0.15) is 5.15 Å². The normalized spacial score (nSPS) is 23.1. The van der Waals surface area contributed by atoms with Gasteiger partial charge in [-0.15, -0.1) is 0 Å². The van der Waals surface area contributed by atoms with Gasteiger partial charge >= 0.3 is 0 Å². The predicted molar refractivity (Wildman–Crippen MR) is 74.0 cm³/mol. The number of pyridine rings is 1. The summed E-state index contributed by atoms with van der Waals surface area (Å²) in [7, 11) is 0. The maximum absolute atomic E-state index is 12.0. The summed E-state index contributed by atoms with van der Waals surface area (Å²) >= 11 is 5.86. The van der Waals surface area contributed by atoms with Crippen LogP contribution in [0.15, 0.2) is 12.3 Å². The number of aromatic nitrogens is 1. The fraction of sp³-hybridized carbons (Fsp3) is 0.538. The van der Waals surface area contributed by atoms with Crippen LogP contribution in [0.3, 0.4) is 0 Å². The lowest BCUT2D eigenvalue weighted by Crippen LogP contribution is -2.36. The molecule has 19 heavy (non-hydrogen) atoms. The molecule has 1 aromatic rings. The molecule has 0 spiro atoms. The van der Waals surface area contributed by atoms with Crippen molar-refractivity contribution in [3.05, 3.63) is 23.0 Å². The standard InChI is InChI=1S/C13H18ClN3O2/c14-12-10(5-9(15)7-16-12)13(19)17-6-8-3-1-2-4-11(8)18/h5,7-8,11,18H,1-4,6,15H2,(H,17,19). The van der Waals surface area contributed by atoms with Gasteiger partial charge in [-0.2, -0.15) is 0 Å². The molecule has 1 aromatic heterocycles. The number of aliphatic hydroxyl groups excluding tert-OH is 1. The second kappa shape index (κ2) is 6.21. The Labute approximate surface area is 117 Å². The van der Waals surface area contributed by atoms with Crippen LogP contribution in [0.4, 0.5) is 5.69 Å². The zero-order valence-electron chi connectivity index (χ0n) is 10.6. The largest absolute Gasteiger partial charge is 0.397 e. The number of nitrogen functional groups attached to an aromatic ring is 1. The summed E-state index contributed by atoms with van der Waals surface area (Å²) in [6, 6.07) is 1.50. The van der Waals surface area contributed by atoms with Crippen LogP contribution < -0.4 is 11.1 Å².